The number of carbonyl (C=O) groups excluding carboxylic acids is 1. The molecule has 0 aliphatic heterocycles. The maximum absolute atomic E-state index is 12.4. The van der Waals surface area contributed by atoms with E-state index in [2.05, 4.69) is 5.32 Å². The van der Waals surface area contributed by atoms with Gasteiger partial charge in [-0.3, -0.25) is 9.59 Å². The number of benzene rings is 1. The Balaban J connectivity index is 2.20. The molecule has 0 radical (unpaired) electrons. The third-order valence-corrected chi connectivity index (χ3v) is 3.17. The Morgan fingerprint density at radius 1 is 1.10 bits per heavy atom. The predicted octanol–water partition coefficient (Wildman–Crippen LogP) is 1.80. The molecular weight excluding hydrogens is 254 g/mol. The van der Waals surface area contributed by atoms with Gasteiger partial charge in [0.15, 0.2) is 5.43 Å². The van der Waals surface area contributed by atoms with E-state index in [4.69, 9.17) is 5.73 Å². The summed E-state index contributed by atoms with van der Waals surface area (Å²) >= 11 is 0. The van der Waals surface area contributed by atoms with E-state index >= 15 is 0 Å². The highest BCUT2D eigenvalue weighted by Gasteiger charge is 2.28. The summed E-state index contributed by atoms with van der Waals surface area (Å²) in [6, 6.07) is 9.80. The van der Waals surface area contributed by atoms with Gasteiger partial charge in [-0.1, -0.05) is 0 Å². The van der Waals surface area contributed by atoms with Crippen molar-refractivity contribution in [3.63, 3.8) is 0 Å². The first-order valence-corrected chi connectivity index (χ1v) is 6.25. The standard InChI is InChI=1S/C15H17N3O2/c1-15(2,18-9-7-13(19)8-10-18)14(20)17-12-5-3-11(16)4-6-12/h3-10H,16H2,1-2H3,(H,17,20). The van der Waals surface area contributed by atoms with E-state index < -0.39 is 5.54 Å². The highest BCUT2D eigenvalue weighted by atomic mass is 16.2. The molecule has 0 aliphatic carbocycles. The van der Waals surface area contributed by atoms with Gasteiger partial charge in [0, 0.05) is 35.9 Å². The quantitative estimate of drug-likeness (QED) is 0.836. The van der Waals surface area contributed by atoms with Crippen molar-refractivity contribution in [2.75, 3.05) is 11.1 Å². The SMILES string of the molecule is CC(C)(C(=O)Nc1ccc(N)cc1)n1ccc(=O)cc1. The topological polar surface area (TPSA) is 77.1 Å². The van der Waals surface area contributed by atoms with Crippen molar-refractivity contribution in [1.29, 1.82) is 0 Å². The van der Waals surface area contributed by atoms with Crippen LogP contribution in [0.3, 0.4) is 0 Å². The summed E-state index contributed by atoms with van der Waals surface area (Å²) in [7, 11) is 0. The number of nitrogens with two attached hydrogens (primary N) is 1. The molecular formula is C15H17N3O2. The minimum absolute atomic E-state index is 0.0870. The van der Waals surface area contributed by atoms with Gasteiger partial charge < -0.3 is 15.6 Å². The molecule has 1 heterocycles. The molecule has 0 aliphatic rings. The smallest absolute Gasteiger partial charge is 0.250 e. The number of nitrogens with zero attached hydrogens (tertiary/aromatic N) is 1. The van der Waals surface area contributed by atoms with Gasteiger partial charge in [-0.05, 0) is 38.1 Å². The van der Waals surface area contributed by atoms with Gasteiger partial charge in [-0.25, -0.2) is 0 Å². The molecule has 1 amide bonds. The van der Waals surface area contributed by atoms with Crippen molar-refractivity contribution in [2.24, 2.45) is 0 Å². The second-order valence-electron chi connectivity index (χ2n) is 5.08. The van der Waals surface area contributed by atoms with Gasteiger partial charge in [0.2, 0.25) is 5.91 Å². The summed E-state index contributed by atoms with van der Waals surface area (Å²) in [6.07, 6.45) is 3.20. The third-order valence-electron chi connectivity index (χ3n) is 3.17. The Hall–Kier alpha value is -2.56. The molecule has 0 unspecified atom stereocenters. The van der Waals surface area contributed by atoms with E-state index in [0.717, 1.165) is 0 Å². The molecule has 5 nitrogen and oxygen atoms in total. The second-order valence-corrected chi connectivity index (χ2v) is 5.08. The summed E-state index contributed by atoms with van der Waals surface area (Å²) in [6.45, 7) is 3.56. The number of carbonyl (C=O) groups is 1. The lowest BCUT2D eigenvalue weighted by molar-refractivity contribution is -0.123. The zero-order chi connectivity index (χ0) is 14.8. The van der Waals surface area contributed by atoms with Crippen LogP contribution in [0.1, 0.15) is 13.8 Å². The van der Waals surface area contributed by atoms with Crippen molar-refractivity contribution in [3.05, 3.63) is 59.0 Å². The van der Waals surface area contributed by atoms with E-state index in [1.54, 1.807) is 55.1 Å². The van der Waals surface area contributed by atoms with Gasteiger partial charge in [-0.2, -0.15) is 0 Å². The van der Waals surface area contributed by atoms with Gasteiger partial charge >= 0.3 is 0 Å². The van der Waals surface area contributed by atoms with Gasteiger partial charge in [0.25, 0.3) is 0 Å². The maximum Gasteiger partial charge on any atom is 0.250 e. The van der Waals surface area contributed by atoms with E-state index in [0.29, 0.717) is 11.4 Å². The first-order valence-electron chi connectivity index (χ1n) is 6.25. The monoisotopic (exact) mass is 271 g/mol. The van der Waals surface area contributed by atoms with Gasteiger partial charge in [0.1, 0.15) is 5.54 Å². The Bertz CT molecular complexity index is 652. The summed E-state index contributed by atoms with van der Waals surface area (Å²) in [4.78, 5) is 23.5. The number of hydrogen-bond donors (Lipinski definition) is 2. The normalized spacial score (nSPS) is 11.1. The number of hydrogen-bond acceptors (Lipinski definition) is 3. The molecule has 2 rings (SSSR count). The zero-order valence-electron chi connectivity index (χ0n) is 11.5. The molecule has 0 saturated heterocycles. The van der Waals surface area contributed by atoms with E-state index in [-0.39, 0.29) is 11.3 Å². The average Bonchev–Trinajstić information content (AvgIpc) is 2.42. The molecule has 0 saturated carbocycles. The number of amides is 1. The van der Waals surface area contributed by atoms with Crippen LogP contribution in [-0.4, -0.2) is 10.5 Å². The number of rotatable bonds is 3. The molecule has 1 aromatic heterocycles. The Kier molecular flexibility index (Phi) is 3.61. The van der Waals surface area contributed by atoms with Crippen molar-refractivity contribution in [1.82, 2.24) is 4.57 Å². The molecule has 0 bridgehead atoms. The lowest BCUT2D eigenvalue weighted by Gasteiger charge is -2.27. The highest BCUT2D eigenvalue weighted by molar-refractivity contribution is 5.96. The number of anilines is 2. The maximum atomic E-state index is 12.4. The lowest BCUT2D eigenvalue weighted by atomic mass is 10.0. The fraction of sp³-hybridized carbons (Fsp3) is 0.200. The average molecular weight is 271 g/mol. The van der Waals surface area contributed by atoms with Crippen LogP contribution in [0.15, 0.2) is 53.6 Å². The molecule has 104 valence electrons. The fourth-order valence-electron chi connectivity index (χ4n) is 1.75. The molecule has 0 atom stereocenters. The Morgan fingerprint density at radius 3 is 2.20 bits per heavy atom. The van der Waals surface area contributed by atoms with E-state index in [1.165, 1.54) is 12.1 Å². The molecule has 2 aromatic rings. The fourth-order valence-corrected chi connectivity index (χ4v) is 1.75. The summed E-state index contributed by atoms with van der Waals surface area (Å²) in [5, 5.41) is 2.83. The van der Waals surface area contributed by atoms with Crippen LogP contribution in [0, 0.1) is 0 Å². The number of nitrogen functional groups attached to an aromatic ring is 1. The zero-order valence-corrected chi connectivity index (χ0v) is 11.5. The van der Waals surface area contributed by atoms with Gasteiger partial charge in [0.05, 0.1) is 0 Å². The first-order chi connectivity index (χ1) is 9.39. The van der Waals surface area contributed by atoms with E-state index in [9.17, 15) is 9.59 Å². The van der Waals surface area contributed by atoms with Crippen LogP contribution in [0.2, 0.25) is 0 Å². The van der Waals surface area contributed by atoms with Crippen molar-refractivity contribution < 1.29 is 4.79 Å². The highest BCUT2D eigenvalue weighted by Crippen LogP contribution is 2.18. The number of aromatic nitrogens is 1. The Labute approximate surface area is 117 Å². The van der Waals surface area contributed by atoms with Crippen molar-refractivity contribution in [3.8, 4) is 0 Å². The molecule has 0 spiro atoms. The molecule has 5 heteroatoms. The largest absolute Gasteiger partial charge is 0.399 e. The van der Waals surface area contributed by atoms with Gasteiger partial charge in [-0.15, -0.1) is 0 Å². The van der Waals surface area contributed by atoms with Crippen LogP contribution < -0.4 is 16.5 Å². The summed E-state index contributed by atoms with van der Waals surface area (Å²) in [5.41, 5.74) is 6.02. The van der Waals surface area contributed by atoms with Crippen molar-refractivity contribution in [2.45, 2.75) is 19.4 Å². The number of pyridine rings is 1. The summed E-state index contributed by atoms with van der Waals surface area (Å²) < 4.78 is 1.70. The van der Waals surface area contributed by atoms with Crippen LogP contribution in [0.5, 0.6) is 0 Å². The third kappa shape index (κ3) is 2.88. The van der Waals surface area contributed by atoms with E-state index in [1.807, 2.05) is 0 Å². The summed E-state index contributed by atoms with van der Waals surface area (Å²) in [5.74, 6) is -0.175. The second kappa shape index (κ2) is 5.21. The lowest BCUT2D eigenvalue weighted by Crippen LogP contribution is -2.40. The van der Waals surface area contributed by atoms with Crippen LogP contribution in [-0.2, 0) is 10.3 Å². The van der Waals surface area contributed by atoms with Crippen LogP contribution >= 0.6 is 0 Å². The minimum Gasteiger partial charge on any atom is -0.399 e. The van der Waals surface area contributed by atoms with Crippen molar-refractivity contribution >= 4 is 17.3 Å². The molecule has 20 heavy (non-hydrogen) atoms. The molecule has 0 fully saturated rings. The number of nitrogens with one attached hydrogen (secondary N) is 1. The minimum atomic E-state index is -0.810. The van der Waals surface area contributed by atoms with Crippen LogP contribution in [0.25, 0.3) is 0 Å². The molecule has 1 aromatic carbocycles. The Morgan fingerprint density at radius 2 is 1.65 bits per heavy atom. The predicted molar refractivity (Wildman–Crippen MR) is 79.5 cm³/mol. The first kappa shape index (κ1) is 13.9. The molecule has 3 N–H and O–H groups in total. The van der Waals surface area contributed by atoms with Crippen LogP contribution in [0.4, 0.5) is 11.4 Å².